The monoisotopic (exact) mass is 682 g/mol. The van der Waals surface area contributed by atoms with Gasteiger partial charge in [-0.3, -0.25) is 0 Å². The van der Waals surface area contributed by atoms with Crippen LogP contribution in [-0.2, 0) is 47.2 Å². The third kappa shape index (κ3) is 17.5. The fraction of sp³-hybridized carbons (Fsp3) is 1.00. The summed E-state index contributed by atoms with van der Waals surface area (Å²) in [5.74, 6) is 4.94. The number of unbranched alkanes of at least 4 members (excludes halogenated alkanes) is 4. The zero-order chi connectivity index (χ0) is 31.8. The molecule has 0 aromatic carbocycles. The van der Waals surface area contributed by atoms with E-state index in [1.807, 2.05) is 41.5 Å². The van der Waals surface area contributed by atoms with Crippen LogP contribution in [-0.4, -0.2) is 68.8 Å². The van der Waals surface area contributed by atoms with E-state index < -0.39 is 17.6 Å². The Kier molecular flexibility index (Phi) is 25.1. The summed E-state index contributed by atoms with van der Waals surface area (Å²) in [6.45, 7) is 18.5. The Bertz CT molecular complexity index is 656. The van der Waals surface area contributed by atoms with Gasteiger partial charge in [0.25, 0.3) is 0 Å². The Labute approximate surface area is 276 Å². The van der Waals surface area contributed by atoms with Crippen molar-refractivity contribution in [3.63, 3.8) is 0 Å². The first-order valence-corrected chi connectivity index (χ1v) is 24.4. The van der Waals surface area contributed by atoms with Gasteiger partial charge >= 0.3 is 17.6 Å². The van der Waals surface area contributed by atoms with Gasteiger partial charge in [0, 0.05) is 51.7 Å². The zero-order valence-electron chi connectivity index (χ0n) is 29.3. The molecule has 1 rings (SSSR count). The van der Waals surface area contributed by atoms with Gasteiger partial charge in [0.15, 0.2) is 0 Å². The Morgan fingerprint density at radius 3 is 1.56 bits per heavy atom. The molecule has 0 bridgehead atoms. The molecule has 1 aliphatic carbocycles. The Morgan fingerprint density at radius 2 is 1.05 bits per heavy atom. The van der Waals surface area contributed by atoms with Crippen molar-refractivity contribution in [1.82, 2.24) is 0 Å². The second kappa shape index (κ2) is 25.8. The Hall–Kier alpha value is 0.764. The minimum Gasteiger partial charge on any atom is -0.374 e. The summed E-state index contributed by atoms with van der Waals surface area (Å²) >= 11 is 6.04. The summed E-state index contributed by atoms with van der Waals surface area (Å²) in [6.07, 6.45) is 17.2. The van der Waals surface area contributed by atoms with Crippen molar-refractivity contribution in [2.24, 2.45) is 17.8 Å². The highest BCUT2D eigenvalue weighted by atomic mass is 32.8. The molecule has 4 unspecified atom stereocenters. The van der Waals surface area contributed by atoms with Crippen LogP contribution in [0, 0.1) is 17.8 Å². The van der Waals surface area contributed by atoms with E-state index >= 15 is 0 Å². The van der Waals surface area contributed by atoms with Gasteiger partial charge in [-0.05, 0) is 103 Å². The molecule has 0 aromatic rings. The van der Waals surface area contributed by atoms with Gasteiger partial charge in [-0.15, -0.1) is 9.45 Å². The topological polar surface area (TPSA) is 55.4 Å². The SMILES string of the molecule is CCCCC1CCC(CCCCCC[Si](OCC)(OCC)OCC)C(CCS(=S)CCC[Si](OCC)(OCC)OCC)C1. The third-order valence-electron chi connectivity index (χ3n) is 8.78. The molecule has 0 saturated heterocycles. The minimum absolute atomic E-state index is 0.0332. The van der Waals surface area contributed by atoms with Crippen molar-refractivity contribution in [1.29, 1.82) is 0 Å². The predicted molar refractivity (Wildman–Crippen MR) is 192 cm³/mol. The minimum atomic E-state index is -2.56. The van der Waals surface area contributed by atoms with Crippen molar-refractivity contribution >= 4 is 38.3 Å². The van der Waals surface area contributed by atoms with Crippen LogP contribution in [0.4, 0.5) is 0 Å². The van der Waals surface area contributed by atoms with E-state index in [1.165, 1.54) is 76.4 Å². The molecule has 0 radical (unpaired) electrons. The van der Waals surface area contributed by atoms with Crippen molar-refractivity contribution in [2.45, 2.75) is 144 Å². The molecule has 0 aromatic heterocycles. The summed E-state index contributed by atoms with van der Waals surface area (Å²) in [5, 5.41) is 0. The summed E-state index contributed by atoms with van der Waals surface area (Å²) in [7, 11) is -5.03. The molecule has 1 fully saturated rings. The summed E-state index contributed by atoms with van der Waals surface area (Å²) < 4.78 is 36.4. The van der Waals surface area contributed by atoms with Gasteiger partial charge in [-0.2, -0.15) is 0 Å². The van der Waals surface area contributed by atoms with Crippen LogP contribution >= 0.6 is 0 Å². The van der Waals surface area contributed by atoms with E-state index in [0.717, 1.165) is 48.4 Å². The lowest BCUT2D eigenvalue weighted by molar-refractivity contribution is 0.0700. The number of hydrogen-bond donors (Lipinski definition) is 0. The number of hydrogen-bond acceptors (Lipinski definition) is 7. The van der Waals surface area contributed by atoms with Crippen LogP contribution in [0.15, 0.2) is 0 Å². The first kappa shape index (κ1) is 41.8. The first-order valence-electron chi connectivity index (χ1n) is 18.0. The average Bonchev–Trinajstić information content (AvgIpc) is 2.98. The highest BCUT2D eigenvalue weighted by Crippen LogP contribution is 2.41. The zero-order valence-corrected chi connectivity index (χ0v) is 32.9. The molecule has 0 aliphatic heterocycles. The number of rotatable bonds is 29. The summed E-state index contributed by atoms with van der Waals surface area (Å²) in [5.41, 5.74) is 0. The molecule has 0 amide bonds. The first-order chi connectivity index (χ1) is 20.9. The van der Waals surface area contributed by atoms with Gasteiger partial charge in [0.1, 0.15) is 0 Å². The van der Waals surface area contributed by atoms with Gasteiger partial charge in [-0.25, -0.2) is 0 Å². The van der Waals surface area contributed by atoms with E-state index in [-0.39, 0.29) is 9.45 Å². The fourth-order valence-corrected chi connectivity index (χ4v) is 14.3. The lowest BCUT2D eigenvalue weighted by Crippen LogP contribution is -2.46. The van der Waals surface area contributed by atoms with Crippen molar-refractivity contribution < 1.29 is 26.6 Å². The highest BCUT2D eigenvalue weighted by Gasteiger charge is 2.40. The molecule has 4 atom stereocenters. The van der Waals surface area contributed by atoms with Gasteiger partial charge < -0.3 is 26.6 Å². The Morgan fingerprint density at radius 1 is 0.535 bits per heavy atom. The normalized spacial score (nSPS) is 20.5. The van der Waals surface area contributed by atoms with Crippen LogP contribution in [0.25, 0.3) is 0 Å². The second-order valence-corrected chi connectivity index (χ2v) is 20.6. The quantitative estimate of drug-likeness (QED) is 0.0576. The van der Waals surface area contributed by atoms with Gasteiger partial charge in [0.05, 0.1) is 0 Å². The van der Waals surface area contributed by atoms with Crippen LogP contribution < -0.4 is 0 Å². The maximum Gasteiger partial charge on any atom is 0.500 e. The van der Waals surface area contributed by atoms with Crippen LogP contribution in [0.1, 0.15) is 132 Å². The van der Waals surface area contributed by atoms with Crippen LogP contribution in [0.3, 0.4) is 0 Å². The van der Waals surface area contributed by atoms with Gasteiger partial charge in [0.2, 0.25) is 0 Å². The standard InChI is InChI=1S/C33H70O6S2Si2/c1-8-15-21-31-23-24-32(22-18-16-17-19-28-42(34-9-2,35-10-3)36-11-4)33(30-31)25-27-41(40)26-20-29-43(37-12-5,38-13-6)39-14-7/h31-33H,8-30H2,1-7H3. The molecule has 1 aliphatic rings. The molecule has 0 heterocycles. The van der Waals surface area contributed by atoms with Crippen molar-refractivity contribution in [2.75, 3.05) is 51.1 Å². The lowest BCUT2D eigenvalue weighted by Gasteiger charge is -2.37. The van der Waals surface area contributed by atoms with E-state index in [9.17, 15) is 0 Å². The predicted octanol–water partition coefficient (Wildman–Crippen LogP) is 9.12. The van der Waals surface area contributed by atoms with Crippen molar-refractivity contribution in [3.05, 3.63) is 0 Å². The molecule has 0 spiro atoms. The Balaban J connectivity index is 2.58. The van der Waals surface area contributed by atoms with Gasteiger partial charge in [-0.1, -0.05) is 69.5 Å². The van der Waals surface area contributed by atoms with E-state index in [0.29, 0.717) is 39.6 Å². The average molecular weight is 683 g/mol. The maximum atomic E-state index is 6.06. The molecule has 1 saturated carbocycles. The van der Waals surface area contributed by atoms with Crippen molar-refractivity contribution in [3.8, 4) is 0 Å². The molecular formula is C33H70O6S2Si2. The smallest absolute Gasteiger partial charge is 0.374 e. The molecule has 258 valence electrons. The summed E-state index contributed by atoms with van der Waals surface area (Å²) in [6, 6.07) is 1.83. The highest BCUT2D eigenvalue weighted by molar-refractivity contribution is 8.28. The maximum absolute atomic E-state index is 6.06. The molecular weight excluding hydrogens is 613 g/mol. The molecule has 6 nitrogen and oxygen atoms in total. The molecule has 10 heteroatoms. The van der Waals surface area contributed by atoms with Crippen LogP contribution in [0.5, 0.6) is 0 Å². The van der Waals surface area contributed by atoms with E-state index in [2.05, 4.69) is 6.92 Å². The molecule has 43 heavy (non-hydrogen) atoms. The second-order valence-electron chi connectivity index (χ2n) is 12.0. The lowest BCUT2D eigenvalue weighted by atomic mass is 9.70. The largest absolute Gasteiger partial charge is 0.500 e. The third-order valence-corrected chi connectivity index (χ3v) is 17.5. The van der Waals surface area contributed by atoms with E-state index in [4.69, 9.17) is 37.7 Å². The fourth-order valence-electron chi connectivity index (χ4n) is 6.85. The van der Waals surface area contributed by atoms with E-state index in [1.54, 1.807) is 0 Å². The summed E-state index contributed by atoms with van der Waals surface area (Å²) in [4.78, 5) is 0. The van der Waals surface area contributed by atoms with Crippen LogP contribution in [0.2, 0.25) is 12.1 Å². The molecule has 0 N–H and O–H groups in total.